The van der Waals surface area contributed by atoms with E-state index < -0.39 is 0 Å². The SMILES string of the molecule is N#Cc1ccc2c3nc4nc(nc5[nH]c(nc6nc(nc([nH]3)c2c1C#N)-c1ccccc1-6)c1ccccc51)-c1ccccc1-4.[Co+2]. The predicted octanol–water partition coefficient (Wildman–Crippen LogP) is 6.61. The van der Waals surface area contributed by atoms with Gasteiger partial charge in [-0.2, -0.15) is 10.5 Å². The molecule has 1 radical (unpaired) electrons. The Kier molecular flexibility index (Phi) is 5.79. The zero-order valence-corrected chi connectivity index (χ0v) is 24.0. The topological polar surface area (TPSA) is 156 Å². The Bertz CT molecular complexity index is 2650. The van der Waals surface area contributed by atoms with Gasteiger partial charge in [0.1, 0.15) is 34.7 Å². The number of hydrogen-bond acceptors (Lipinski definition) is 8. The molecule has 2 aliphatic heterocycles. The first-order chi connectivity index (χ1) is 21.7. The van der Waals surface area contributed by atoms with Crippen LogP contribution in [0.4, 0.5) is 0 Å². The van der Waals surface area contributed by atoms with E-state index >= 15 is 0 Å². The van der Waals surface area contributed by atoms with Crippen LogP contribution in [0.2, 0.25) is 0 Å². The van der Waals surface area contributed by atoms with E-state index in [0.29, 0.717) is 56.7 Å². The smallest absolute Gasteiger partial charge is 0.324 e. The zero-order valence-electron chi connectivity index (χ0n) is 23.0. The van der Waals surface area contributed by atoms with Gasteiger partial charge in [-0.25, -0.2) is 29.9 Å². The summed E-state index contributed by atoms with van der Waals surface area (Å²) >= 11 is 0. The maximum Gasteiger partial charge on any atom is 2.00 e. The summed E-state index contributed by atoms with van der Waals surface area (Å²) in [5.41, 5.74) is 5.78. The summed E-state index contributed by atoms with van der Waals surface area (Å²) in [6, 6.07) is 31.2. The molecule has 0 saturated carbocycles. The molecule has 45 heavy (non-hydrogen) atoms. The molecule has 10 nitrogen and oxygen atoms in total. The van der Waals surface area contributed by atoms with Gasteiger partial charge in [0.15, 0.2) is 23.3 Å². The molecular weight excluding hydrogens is 607 g/mol. The van der Waals surface area contributed by atoms with Gasteiger partial charge in [0.2, 0.25) is 0 Å². The first-order valence-electron chi connectivity index (χ1n) is 13.8. The summed E-state index contributed by atoms with van der Waals surface area (Å²) < 4.78 is 0. The van der Waals surface area contributed by atoms with Gasteiger partial charge < -0.3 is 9.97 Å². The van der Waals surface area contributed by atoms with Crippen molar-refractivity contribution >= 4 is 44.1 Å². The number of nitrogens with one attached hydrogen (secondary N) is 2. The molecule has 3 aromatic heterocycles. The van der Waals surface area contributed by atoms with Crippen LogP contribution in [0.15, 0.2) is 84.9 Å². The maximum absolute atomic E-state index is 10.2. The molecule has 2 N–H and O–H groups in total. The fourth-order valence-corrected chi connectivity index (χ4v) is 5.94. The van der Waals surface area contributed by atoms with Crippen LogP contribution in [0.5, 0.6) is 0 Å². The number of benzene rings is 4. The summed E-state index contributed by atoms with van der Waals surface area (Å²) in [7, 11) is 0. The van der Waals surface area contributed by atoms with Crippen LogP contribution in [0.25, 0.3) is 89.7 Å². The largest absolute Gasteiger partial charge is 2.00 e. The van der Waals surface area contributed by atoms with E-state index in [-0.39, 0.29) is 27.9 Å². The molecule has 0 spiro atoms. The molecular formula is C34H16CoN10+2. The summed E-state index contributed by atoms with van der Waals surface area (Å²) in [4.78, 5) is 36.3. The molecule has 5 heterocycles. The molecule has 4 aromatic carbocycles. The third-order valence-electron chi connectivity index (χ3n) is 7.95. The number of hydrogen-bond donors (Lipinski definition) is 2. The van der Waals surface area contributed by atoms with Crippen LogP contribution >= 0.6 is 0 Å². The molecule has 7 aromatic rings. The molecule has 11 heteroatoms. The van der Waals surface area contributed by atoms with Crippen LogP contribution in [0.1, 0.15) is 11.1 Å². The predicted molar refractivity (Wildman–Crippen MR) is 165 cm³/mol. The third-order valence-corrected chi connectivity index (χ3v) is 7.95. The number of aromatic amines is 2. The molecule has 2 aliphatic rings. The van der Waals surface area contributed by atoms with Crippen molar-refractivity contribution in [1.82, 2.24) is 39.9 Å². The Morgan fingerprint density at radius 3 is 1.33 bits per heavy atom. The van der Waals surface area contributed by atoms with Crippen LogP contribution in [-0.2, 0) is 16.8 Å². The standard InChI is InChI=1S/C34H16N10.Co/c35-15-17-13-14-24-26(25(17)16-36)34-43-32-23-12-6-5-11-22(23)30(41-32)39-28-19-8-2-1-7-18(19)27(37-28)38-29-20-9-3-4-10-21(20)31(40-29)42-33(24)44-34;/h1-14H,(H2,37,38,39,40,41,42,43,44);/q;+2. The third kappa shape index (κ3) is 3.86. The number of fused-ring (bicyclic) bond motifs is 20. The van der Waals surface area contributed by atoms with Gasteiger partial charge in [0, 0.05) is 43.8 Å². The Morgan fingerprint density at radius 2 is 0.867 bits per heavy atom. The number of H-pyrrole nitrogens is 2. The van der Waals surface area contributed by atoms with E-state index in [9.17, 15) is 10.5 Å². The average Bonchev–Trinajstić information content (AvgIpc) is 3.80. The van der Waals surface area contributed by atoms with Crippen LogP contribution < -0.4 is 0 Å². The van der Waals surface area contributed by atoms with E-state index in [1.807, 2.05) is 72.8 Å². The molecule has 0 amide bonds. The van der Waals surface area contributed by atoms with Crippen LogP contribution in [-0.4, -0.2) is 39.9 Å². The van der Waals surface area contributed by atoms with Gasteiger partial charge >= 0.3 is 16.8 Å². The van der Waals surface area contributed by atoms with Crippen molar-refractivity contribution in [3.8, 4) is 57.7 Å². The van der Waals surface area contributed by atoms with E-state index in [4.69, 9.17) is 29.9 Å². The second-order valence-electron chi connectivity index (χ2n) is 10.4. The minimum Gasteiger partial charge on any atom is -0.324 e. The van der Waals surface area contributed by atoms with Crippen molar-refractivity contribution in [2.75, 3.05) is 0 Å². The molecule has 0 saturated heterocycles. The summed E-state index contributed by atoms with van der Waals surface area (Å²) in [6.07, 6.45) is 0. The molecule has 0 atom stereocenters. The van der Waals surface area contributed by atoms with Crippen molar-refractivity contribution < 1.29 is 16.8 Å². The summed E-state index contributed by atoms with van der Waals surface area (Å²) in [5, 5.41) is 22.9. The normalized spacial score (nSPS) is 11.3. The quantitative estimate of drug-likeness (QED) is 0.191. The molecule has 0 fully saturated rings. The van der Waals surface area contributed by atoms with Gasteiger partial charge in [-0.15, -0.1) is 0 Å². The van der Waals surface area contributed by atoms with Crippen molar-refractivity contribution in [3.63, 3.8) is 0 Å². The Labute approximate surface area is 264 Å². The Balaban J connectivity index is 0.00000300. The fraction of sp³-hybridized carbons (Fsp3) is 0. The van der Waals surface area contributed by atoms with Crippen LogP contribution in [0, 0.1) is 22.7 Å². The van der Waals surface area contributed by atoms with Crippen molar-refractivity contribution in [2.45, 2.75) is 0 Å². The van der Waals surface area contributed by atoms with Gasteiger partial charge in [0.25, 0.3) is 0 Å². The van der Waals surface area contributed by atoms with Gasteiger partial charge in [-0.05, 0) is 12.1 Å². The minimum absolute atomic E-state index is 0. The Morgan fingerprint density at radius 1 is 0.444 bits per heavy atom. The van der Waals surface area contributed by atoms with Crippen molar-refractivity contribution in [2.24, 2.45) is 0 Å². The Hall–Kier alpha value is -6.27. The van der Waals surface area contributed by atoms with E-state index in [0.717, 1.165) is 33.0 Å². The van der Waals surface area contributed by atoms with E-state index in [1.54, 1.807) is 12.1 Å². The average molecular weight is 624 g/mol. The van der Waals surface area contributed by atoms with Gasteiger partial charge in [-0.1, -0.05) is 72.8 Å². The maximum atomic E-state index is 10.2. The first kappa shape index (κ1) is 26.4. The first-order valence-corrected chi connectivity index (χ1v) is 13.8. The zero-order chi connectivity index (χ0) is 29.4. The molecule has 209 valence electrons. The van der Waals surface area contributed by atoms with E-state index in [1.165, 1.54) is 0 Å². The van der Waals surface area contributed by atoms with Crippen LogP contribution in [0.3, 0.4) is 0 Å². The fourth-order valence-electron chi connectivity index (χ4n) is 5.94. The second-order valence-corrected chi connectivity index (χ2v) is 10.4. The minimum atomic E-state index is 0. The second kappa shape index (κ2) is 9.89. The number of rotatable bonds is 0. The number of nitriles is 2. The van der Waals surface area contributed by atoms with Crippen molar-refractivity contribution in [1.29, 1.82) is 10.5 Å². The monoisotopic (exact) mass is 623 g/mol. The molecule has 8 bridgehead atoms. The molecule has 0 unspecified atom stereocenters. The van der Waals surface area contributed by atoms with Gasteiger partial charge in [0.05, 0.1) is 11.1 Å². The number of nitrogens with zero attached hydrogens (tertiary/aromatic N) is 8. The summed E-state index contributed by atoms with van der Waals surface area (Å²) in [5.74, 6) is 1.88. The molecule has 0 aliphatic carbocycles. The summed E-state index contributed by atoms with van der Waals surface area (Å²) in [6.45, 7) is 0. The number of aromatic nitrogens is 8. The van der Waals surface area contributed by atoms with Crippen molar-refractivity contribution in [3.05, 3.63) is 96.1 Å². The van der Waals surface area contributed by atoms with E-state index in [2.05, 4.69) is 22.1 Å². The van der Waals surface area contributed by atoms with Gasteiger partial charge in [-0.3, -0.25) is 0 Å². The molecule has 9 rings (SSSR count).